The van der Waals surface area contributed by atoms with Crippen molar-refractivity contribution in [2.45, 2.75) is 39.0 Å². The fourth-order valence-corrected chi connectivity index (χ4v) is 2.33. The fraction of sp³-hybridized carbons (Fsp3) is 0.429. The van der Waals surface area contributed by atoms with Gasteiger partial charge in [0.15, 0.2) is 0 Å². The number of hydrogen-bond donors (Lipinski definition) is 0. The molecule has 0 atom stereocenters. The minimum atomic E-state index is 0.203. The molecule has 0 saturated heterocycles. The Kier molecular flexibility index (Phi) is 2.28. The lowest BCUT2D eigenvalue weighted by Gasteiger charge is -2.02. The first kappa shape index (κ1) is 10.5. The molecule has 1 aliphatic rings. The second-order valence-corrected chi connectivity index (χ2v) is 5.00. The number of carbonyl (C=O) groups excluding carboxylic acids is 1. The van der Waals surface area contributed by atoms with Crippen molar-refractivity contribution < 1.29 is 4.79 Å². The van der Waals surface area contributed by atoms with E-state index in [2.05, 4.69) is 21.6 Å². The molecular formula is C14H16N2O. The molecule has 0 aromatic carbocycles. The molecule has 2 aromatic heterocycles. The van der Waals surface area contributed by atoms with Crippen molar-refractivity contribution in [3.63, 3.8) is 0 Å². The van der Waals surface area contributed by atoms with Crippen LogP contribution in [0.15, 0.2) is 18.3 Å². The van der Waals surface area contributed by atoms with Gasteiger partial charge in [-0.1, -0.05) is 0 Å². The lowest BCUT2D eigenvalue weighted by Crippen LogP contribution is -1.98. The third kappa shape index (κ3) is 1.86. The Morgan fingerprint density at radius 3 is 2.94 bits per heavy atom. The Morgan fingerprint density at radius 1 is 1.53 bits per heavy atom. The number of carbonyl (C=O) groups is 1. The van der Waals surface area contributed by atoms with Gasteiger partial charge in [0.05, 0.1) is 11.2 Å². The standard InChI is InChI=1S/C14H16N2O/c1-9(17)7-11-5-6-16-13(8-11)10(2)15-14(16)12-3-4-12/h5-6,8,12H,3-4,7H2,1-2H3. The van der Waals surface area contributed by atoms with E-state index in [1.54, 1.807) is 6.92 Å². The number of fused-ring (bicyclic) bond motifs is 1. The predicted octanol–water partition coefficient (Wildman–Crippen LogP) is 2.65. The summed E-state index contributed by atoms with van der Waals surface area (Å²) in [4.78, 5) is 15.8. The smallest absolute Gasteiger partial charge is 0.134 e. The van der Waals surface area contributed by atoms with Crippen molar-refractivity contribution >= 4 is 11.3 Å². The van der Waals surface area contributed by atoms with E-state index in [0.29, 0.717) is 12.3 Å². The van der Waals surface area contributed by atoms with Crippen LogP contribution in [-0.4, -0.2) is 15.2 Å². The summed E-state index contributed by atoms with van der Waals surface area (Å²) in [5.74, 6) is 2.04. The van der Waals surface area contributed by atoms with Crippen LogP contribution in [0.2, 0.25) is 0 Å². The second kappa shape index (κ2) is 3.69. The third-order valence-corrected chi connectivity index (χ3v) is 3.31. The molecule has 0 aliphatic heterocycles. The van der Waals surface area contributed by atoms with Gasteiger partial charge in [-0.15, -0.1) is 0 Å². The summed E-state index contributed by atoms with van der Waals surface area (Å²) >= 11 is 0. The van der Waals surface area contributed by atoms with E-state index in [-0.39, 0.29) is 5.78 Å². The quantitative estimate of drug-likeness (QED) is 0.809. The number of aryl methyl sites for hydroxylation is 1. The lowest BCUT2D eigenvalue weighted by molar-refractivity contribution is -0.116. The number of imidazole rings is 1. The van der Waals surface area contributed by atoms with Gasteiger partial charge in [-0.3, -0.25) is 4.79 Å². The lowest BCUT2D eigenvalue weighted by atomic mass is 10.1. The van der Waals surface area contributed by atoms with Crippen molar-refractivity contribution in [2.75, 3.05) is 0 Å². The van der Waals surface area contributed by atoms with Crippen LogP contribution >= 0.6 is 0 Å². The largest absolute Gasteiger partial charge is 0.303 e. The average molecular weight is 228 g/mol. The summed E-state index contributed by atoms with van der Waals surface area (Å²) in [7, 11) is 0. The summed E-state index contributed by atoms with van der Waals surface area (Å²) in [5.41, 5.74) is 3.29. The fourth-order valence-electron chi connectivity index (χ4n) is 2.33. The third-order valence-electron chi connectivity index (χ3n) is 3.31. The van der Waals surface area contributed by atoms with Crippen LogP contribution in [0, 0.1) is 6.92 Å². The molecular weight excluding hydrogens is 212 g/mol. The van der Waals surface area contributed by atoms with E-state index in [1.807, 2.05) is 13.0 Å². The number of ketones is 1. The molecule has 0 radical (unpaired) electrons. The van der Waals surface area contributed by atoms with Gasteiger partial charge >= 0.3 is 0 Å². The Hall–Kier alpha value is -1.64. The molecule has 2 aromatic rings. The van der Waals surface area contributed by atoms with Crippen LogP contribution in [0.3, 0.4) is 0 Å². The molecule has 1 saturated carbocycles. The summed E-state index contributed by atoms with van der Waals surface area (Å²) < 4.78 is 2.18. The van der Waals surface area contributed by atoms with E-state index in [9.17, 15) is 4.79 Å². The van der Waals surface area contributed by atoms with Gasteiger partial charge in [0, 0.05) is 18.5 Å². The van der Waals surface area contributed by atoms with Gasteiger partial charge in [0.25, 0.3) is 0 Å². The Labute approximate surface area is 100 Å². The van der Waals surface area contributed by atoms with E-state index in [0.717, 1.165) is 16.8 Å². The van der Waals surface area contributed by atoms with E-state index >= 15 is 0 Å². The summed E-state index contributed by atoms with van der Waals surface area (Å²) in [6.45, 7) is 3.67. The van der Waals surface area contributed by atoms with Crippen molar-refractivity contribution in [1.29, 1.82) is 0 Å². The molecule has 3 heteroatoms. The van der Waals surface area contributed by atoms with E-state index < -0.39 is 0 Å². The highest BCUT2D eigenvalue weighted by Crippen LogP contribution is 2.39. The van der Waals surface area contributed by atoms with Gasteiger partial charge in [0.1, 0.15) is 11.6 Å². The number of hydrogen-bond acceptors (Lipinski definition) is 2. The summed E-state index contributed by atoms with van der Waals surface area (Å²) in [6.07, 6.45) is 5.09. The average Bonchev–Trinajstić information content (AvgIpc) is 3.05. The van der Waals surface area contributed by atoms with Gasteiger partial charge in [-0.25, -0.2) is 4.98 Å². The van der Waals surface area contributed by atoms with Crippen LogP contribution in [0.4, 0.5) is 0 Å². The van der Waals surface area contributed by atoms with Gasteiger partial charge < -0.3 is 4.40 Å². The zero-order chi connectivity index (χ0) is 12.0. The van der Waals surface area contributed by atoms with Crippen LogP contribution in [-0.2, 0) is 11.2 Å². The highest BCUT2D eigenvalue weighted by atomic mass is 16.1. The maximum Gasteiger partial charge on any atom is 0.134 e. The van der Waals surface area contributed by atoms with Crippen molar-refractivity contribution in [3.05, 3.63) is 35.4 Å². The monoisotopic (exact) mass is 228 g/mol. The van der Waals surface area contributed by atoms with E-state index in [1.165, 1.54) is 18.7 Å². The molecule has 0 bridgehead atoms. The number of rotatable bonds is 3. The molecule has 1 aliphatic carbocycles. The Bertz CT molecular complexity index is 594. The number of Topliss-reactive ketones (excluding diaryl/α,β-unsaturated/α-hetero) is 1. The Morgan fingerprint density at radius 2 is 2.29 bits per heavy atom. The number of pyridine rings is 1. The zero-order valence-electron chi connectivity index (χ0n) is 10.2. The number of aromatic nitrogens is 2. The SMILES string of the molecule is CC(=O)Cc1ccn2c(C3CC3)nc(C)c2c1. The highest BCUT2D eigenvalue weighted by Gasteiger charge is 2.28. The minimum Gasteiger partial charge on any atom is -0.303 e. The molecule has 3 rings (SSSR count). The normalized spacial score (nSPS) is 15.4. The van der Waals surface area contributed by atoms with Crippen LogP contribution in [0.25, 0.3) is 5.52 Å². The van der Waals surface area contributed by atoms with Crippen molar-refractivity contribution in [3.8, 4) is 0 Å². The topological polar surface area (TPSA) is 34.4 Å². The van der Waals surface area contributed by atoms with Crippen LogP contribution < -0.4 is 0 Å². The molecule has 0 N–H and O–H groups in total. The van der Waals surface area contributed by atoms with Gasteiger partial charge in [-0.05, 0) is 44.4 Å². The summed E-state index contributed by atoms with van der Waals surface area (Å²) in [5, 5.41) is 0. The first-order chi connectivity index (χ1) is 8.15. The highest BCUT2D eigenvalue weighted by molar-refractivity contribution is 5.78. The molecule has 0 amide bonds. The van der Waals surface area contributed by atoms with Gasteiger partial charge in [-0.2, -0.15) is 0 Å². The first-order valence-electron chi connectivity index (χ1n) is 6.12. The van der Waals surface area contributed by atoms with Gasteiger partial charge in [0.2, 0.25) is 0 Å². The molecule has 1 fully saturated rings. The molecule has 0 unspecified atom stereocenters. The molecule has 88 valence electrons. The molecule has 17 heavy (non-hydrogen) atoms. The first-order valence-corrected chi connectivity index (χ1v) is 6.12. The van der Waals surface area contributed by atoms with Crippen molar-refractivity contribution in [1.82, 2.24) is 9.38 Å². The predicted molar refractivity (Wildman–Crippen MR) is 66.3 cm³/mol. The minimum absolute atomic E-state index is 0.203. The maximum atomic E-state index is 11.1. The van der Waals surface area contributed by atoms with Crippen molar-refractivity contribution in [2.24, 2.45) is 0 Å². The molecule has 2 heterocycles. The van der Waals surface area contributed by atoms with Crippen LogP contribution in [0.1, 0.15) is 42.8 Å². The molecule has 0 spiro atoms. The molecule has 3 nitrogen and oxygen atoms in total. The zero-order valence-corrected chi connectivity index (χ0v) is 10.2. The van der Waals surface area contributed by atoms with Crippen LogP contribution in [0.5, 0.6) is 0 Å². The van der Waals surface area contributed by atoms with E-state index in [4.69, 9.17) is 0 Å². The maximum absolute atomic E-state index is 11.1. The second-order valence-electron chi connectivity index (χ2n) is 5.00. The Balaban J connectivity index is 2.09. The number of nitrogens with zero attached hydrogens (tertiary/aromatic N) is 2. The summed E-state index contributed by atoms with van der Waals surface area (Å²) in [6, 6.07) is 4.12.